The van der Waals surface area contributed by atoms with Gasteiger partial charge in [-0.1, -0.05) is 13.8 Å². The van der Waals surface area contributed by atoms with Gasteiger partial charge in [0.25, 0.3) is 0 Å². The van der Waals surface area contributed by atoms with Crippen LogP contribution in [0.5, 0.6) is 0 Å². The minimum Gasteiger partial charge on any atom is -0.380 e. The molecule has 1 saturated heterocycles. The van der Waals surface area contributed by atoms with Crippen molar-refractivity contribution in [1.29, 1.82) is 0 Å². The van der Waals surface area contributed by atoms with Crippen LogP contribution >= 0.6 is 0 Å². The molecule has 106 valence electrons. The Kier molecular flexibility index (Phi) is 4.29. The first-order valence-corrected chi connectivity index (χ1v) is 6.88. The second-order valence-corrected chi connectivity index (χ2v) is 5.59. The lowest BCUT2D eigenvalue weighted by atomic mass is 10.1. The van der Waals surface area contributed by atoms with Crippen molar-refractivity contribution in [3.05, 3.63) is 12.4 Å². The predicted octanol–water partition coefficient (Wildman–Crippen LogP) is 1.49. The molecule has 0 unspecified atom stereocenters. The molecule has 3 N–H and O–H groups in total. The fourth-order valence-electron chi connectivity index (χ4n) is 2.39. The maximum Gasteiger partial charge on any atom is 0.314 e. The third kappa shape index (κ3) is 3.87. The summed E-state index contributed by atoms with van der Waals surface area (Å²) in [6.07, 6.45) is 5.76. The summed E-state index contributed by atoms with van der Waals surface area (Å²) < 4.78 is 1.96. The molecule has 1 aromatic heterocycles. The Morgan fingerprint density at radius 3 is 2.79 bits per heavy atom. The zero-order valence-electron chi connectivity index (χ0n) is 11.7. The average Bonchev–Trinajstić information content (AvgIpc) is 2.76. The predicted molar refractivity (Wildman–Crippen MR) is 74.9 cm³/mol. The number of carbonyl (C=O) groups is 1. The number of nitrogens with two attached hydrogens (primary N) is 1. The monoisotopic (exact) mass is 265 g/mol. The highest BCUT2D eigenvalue weighted by molar-refractivity contribution is 5.72. The molecule has 0 aromatic carbocycles. The van der Waals surface area contributed by atoms with Gasteiger partial charge in [-0.05, 0) is 18.8 Å². The smallest absolute Gasteiger partial charge is 0.314 e. The highest BCUT2D eigenvalue weighted by Gasteiger charge is 2.21. The van der Waals surface area contributed by atoms with Gasteiger partial charge in [0.05, 0.1) is 11.9 Å². The number of nitrogens with zero attached hydrogens (tertiary/aromatic N) is 3. The van der Waals surface area contributed by atoms with Gasteiger partial charge >= 0.3 is 6.03 Å². The van der Waals surface area contributed by atoms with Crippen molar-refractivity contribution < 1.29 is 4.79 Å². The SMILES string of the molecule is CC(C)Cn1cc(NC2CCN(C(N)=O)CC2)cn1. The molecule has 2 rings (SSSR count). The molecule has 0 radical (unpaired) electrons. The number of piperidine rings is 1. The van der Waals surface area contributed by atoms with Gasteiger partial charge in [-0.15, -0.1) is 0 Å². The van der Waals surface area contributed by atoms with Crippen molar-refractivity contribution in [3.8, 4) is 0 Å². The molecule has 19 heavy (non-hydrogen) atoms. The van der Waals surface area contributed by atoms with Gasteiger partial charge in [-0.3, -0.25) is 4.68 Å². The van der Waals surface area contributed by atoms with E-state index in [1.807, 2.05) is 17.1 Å². The summed E-state index contributed by atoms with van der Waals surface area (Å²) in [5.41, 5.74) is 6.32. The normalized spacial score (nSPS) is 16.9. The third-order valence-corrected chi connectivity index (χ3v) is 3.36. The summed E-state index contributed by atoms with van der Waals surface area (Å²) in [5, 5.41) is 7.81. The van der Waals surface area contributed by atoms with Crippen molar-refractivity contribution in [3.63, 3.8) is 0 Å². The molecule has 0 atom stereocenters. The van der Waals surface area contributed by atoms with E-state index in [4.69, 9.17) is 5.73 Å². The van der Waals surface area contributed by atoms with E-state index >= 15 is 0 Å². The number of primary amides is 1. The zero-order chi connectivity index (χ0) is 13.8. The molecule has 0 bridgehead atoms. The first-order valence-electron chi connectivity index (χ1n) is 6.88. The summed E-state index contributed by atoms with van der Waals surface area (Å²) in [7, 11) is 0. The number of anilines is 1. The van der Waals surface area contributed by atoms with Gasteiger partial charge in [0, 0.05) is 31.9 Å². The summed E-state index contributed by atoms with van der Waals surface area (Å²) in [5.74, 6) is 0.589. The molecule has 0 aliphatic carbocycles. The lowest BCUT2D eigenvalue weighted by Gasteiger charge is -2.31. The number of rotatable bonds is 4. The molecule has 0 saturated carbocycles. The van der Waals surface area contributed by atoms with Crippen molar-refractivity contribution in [2.75, 3.05) is 18.4 Å². The lowest BCUT2D eigenvalue weighted by molar-refractivity contribution is 0.193. The van der Waals surface area contributed by atoms with Crippen LogP contribution < -0.4 is 11.1 Å². The van der Waals surface area contributed by atoms with Crippen LogP contribution in [0.3, 0.4) is 0 Å². The largest absolute Gasteiger partial charge is 0.380 e. The van der Waals surface area contributed by atoms with Crippen LogP contribution in [-0.2, 0) is 6.54 Å². The van der Waals surface area contributed by atoms with Crippen LogP contribution in [0.1, 0.15) is 26.7 Å². The Labute approximate surface area is 113 Å². The van der Waals surface area contributed by atoms with E-state index in [0.717, 1.165) is 38.2 Å². The number of hydrogen-bond acceptors (Lipinski definition) is 3. The van der Waals surface area contributed by atoms with Gasteiger partial charge in [0.1, 0.15) is 0 Å². The van der Waals surface area contributed by atoms with Crippen molar-refractivity contribution in [2.45, 2.75) is 39.3 Å². The van der Waals surface area contributed by atoms with E-state index in [1.54, 1.807) is 4.90 Å². The Bertz CT molecular complexity index is 420. The Hall–Kier alpha value is -1.72. The number of carbonyl (C=O) groups excluding carboxylic acids is 1. The maximum atomic E-state index is 11.0. The molecule has 6 nitrogen and oxygen atoms in total. The van der Waals surface area contributed by atoms with Crippen LogP contribution in [0.2, 0.25) is 0 Å². The van der Waals surface area contributed by atoms with Crippen LogP contribution in [0, 0.1) is 5.92 Å². The first-order chi connectivity index (χ1) is 9.04. The molecule has 1 fully saturated rings. The van der Waals surface area contributed by atoms with E-state index in [0.29, 0.717) is 12.0 Å². The number of hydrogen-bond donors (Lipinski definition) is 2. The van der Waals surface area contributed by atoms with Crippen LogP contribution in [0.15, 0.2) is 12.4 Å². The quantitative estimate of drug-likeness (QED) is 0.866. The van der Waals surface area contributed by atoms with Gasteiger partial charge in [-0.2, -0.15) is 5.10 Å². The molecule has 1 aromatic rings. The molecular formula is C13H23N5O. The minimum atomic E-state index is -0.316. The number of urea groups is 1. The highest BCUT2D eigenvalue weighted by atomic mass is 16.2. The topological polar surface area (TPSA) is 76.2 Å². The summed E-state index contributed by atoms with van der Waals surface area (Å²) >= 11 is 0. The number of nitrogens with one attached hydrogen (secondary N) is 1. The summed E-state index contributed by atoms with van der Waals surface area (Å²) in [6, 6.07) is 0.0792. The third-order valence-electron chi connectivity index (χ3n) is 3.36. The van der Waals surface area contributed by atoms with Crippen molar-refractivity contribution in [1.82, 2.24) is 14.7 Å². The molecule has 1 aliphatic heterocycles. The molecule has 2 amide bonds. The fourth-order valence-corrected chi connectivity index (χ4v) is 2.39. The first kappa shape index (κ1) is 13.7. The van der Waals surface area contributed by atoms with E-state index in [9.17, 15) is 4.79 Å². The second kappa shape index (κ2) is 5.95. The van der Waals surface area contributed by atoms with Crippen LogP contribution in [0.25, 0.3) is 0 Å². The minimum absolute atomic E-state index is 0.316. The van der Waals surface area contributed by atoms with Gasteiger partial charge in [-0.25, -0.2) is 4.79 Å². The van der Waals surface area contributed by atoms with E-state index in [1.165, 1.54) is 0 Å². The molecule has 0 spiro atoms. The van der Waals surface area contributed by atoms with E-state index in [2.05, 4.69) is 24.3 Å². The van der Waals surface area contributed by atoms with Gasteiger partial charge < -0.3 is 16.0 Å². The number of amides is 2. The Morgan fingerprint density at radius 1 is 1.53 bits per heavy atom. The van der Waals surface area contributed by atoms with Crippen LogP contribution in [-0.4, -0.2) is 39.8 Å². The van der Waals surface area contributed by atoms with Gasteiger partial charge in [0.2, 0.25) is 0 Å². The molecule has 2 heterocycles. The second-order valence-electron chi connectivity index (χ2n) is 5.59. The molecule has 6 heteroatoms. The van der Waals surface area contributed by atoms with Crippen LogP contribution in [0.4, 0.5) is 10.5 Å². The fraction of sp³-hybridized carbons (Fsp3) is 0.692. The van der Waals surface area contributed by atoms with E-state index in [-0.39, 0.29) is 6.03 Å². The summed E-state index contributed by atoms with van der Waals surface area (Å²) in [4.78, 5) is 12.7. The highest BCUT2D eigenvalue weighted by Crippen LogP contribution is 2.16. The maximum absolute atomic E-state index is 11.0. The summed E-state index contributed by atoms with van der Waals surface area (Å²) in [6.45, 7) is 6.74. The number of likely N-dealkylation sites (tertiary alicyclic amines) is 1. The molecule has 1 aliphatic rings. The van der Waals surface area contributed by atoms with E-state index < -0.39 is 0 Å². The molecular weight excluding hydrogens is 242 g/mol. The number of aromatic nitrogens is 2. The standard InChI is InChI=1S/C13H23N5O/c1-10(2)8-18-9-12(7-15-18)16-11-3-5-17(6-4-11)13(14)19/h7,9-11,16H,3-6,8H2,1-2H3,(H2,14,19). The van der Waals surface area contributed by atoms with Crippen molar-refractivity contribution >= 4 is 11.7 Å². The van der Waals surface area contributed by atoms with Gasteiger partial charge in [0.15, 0.2) is 0 Å². The Balaban J connectivity index is 1.82. The Morgan fingerprint density at radius 2 is 2.21 bits per heavy atom. The average molecular weight is 265 g/mol. The lowest BCUT2D eigenvalue weighted by Crippen LogP contribution is -2.44. The zero-order valence-corrected chi connectivity index (χ0v) is 11.7. The van der Waals surface area contributed by atoms with Crippen molar-refractivity contribution in [2.24, 2.45) is 11.7 Å².